The van der Waals surface area contributed by atoms with Gasteiger partial charge in [-0.2, -0.15) is 0 Å². The number of carboxylic acid groups (broad SMARTS) is 1. The number of alkyl carbamates (subject to hydrolysis) is 1. The van der Waals surface area contributed by atoms with Crippen molar-refractivity contribution >= 4 is 18.0 Å². The molecule has 2 bridgehead atoms. The van der Waals surface area contributed by atoms with Gasteiger partial charge in [0.1, 0.15) is 17.7 Å². The van der Waals surface area contributed by atoms with Gasteiger partial charge in [-0.3, -0.25) is 4.79 Å². The second-order valence-electron chi connectivity index (χ2n) is 10.5. The van der Waals surface area contributed by atoms with Crippen molar-refractivity contribution in [3.8, 4) is 11.1 Å². The third-order valence-electron chi connectivity index (χ3n) is 7.43. The molecule has 4 aliphatic rings. The van der Waals surface area contributed by atoms with Crippen molar-refractivity contribution in [3.63, 3.8) is 0 Å². The first-order valence-electron chi connectivity index (χ1n) is 11.3. The molecule has 2 aliphatic heterocycles. The molecule has 2 aromatic carbocycles. The summed E-state index contributed by atoms with van der Waals surface area (Å²) >= 11 is 0. The van der Waals surface area contributed by atoms with Crippen molar-refractivity contribution in [1.29, 1.82) is 0 Å². The zero-order valence-electron chi connectivity index (χ0n) is 19.1. The maximum atomic E-state index is 13.3. The number of fused-ring (bicyclic) bond motifs is 4. The molecule has 0 atom stereocenters. The fourth-order valence-electron chi connectivity index (χ4n) is 6.01. The van der Waals surface area contributed by atoms with Crippen LogP contribution in [0.2, 0.25) is 0 Å². The SMILES string of the molecule is CC12CN(C(=O)C(C)(C)NC(=O)OCC3c4ccccc4-c4ccccc43)C(C(=O)O)(C1)C2. The van der Waals surface area contributed by atoms with Gasteiger partial charge in [-0.25, -0.2) is 9.59 Å². The van der Waals surface area contributed by atoms with Gasteiger partial charge in [0.25, 0.3) is 0 Å². The lowest BCUT2D eigenvalue weighted by Crippen LogP contribution is -2.63. The molecule has 0 spiro atoms. The van der Waals surface area contributed by atoms with Crippen LogP contribution in [0.3, 0.4) is 0 Å². The summed E-state index contributed by atoms with van der Waals surface area (Å²) in [5.74, 6) is -1.47. The van der Waals surface area contributed by atoms with Gasteiger partial charge in [0.05, 0.1) is 0 Å². The van der Waals surface area contributed by atoms with Gasteiger partial charge in [-0.1, -0.05) is 55.5 Å². The highest BCUT2D eigenvalue weighted by molar-refractivity contribution is 5.95. The van der Waals surface area contributed by atoms with E-state index < -0.39 is 29.0 Å². The highest BCUT2D eigenvalue weighted by Crippen LogP contribution is 2.59. The molecular weight excluding hydrogens is 420 g/mol. The number of carboxylic acids is 1. The Balaban J connectivity index is 1.27. The molecule has 2 amide bonds. The Morgan fingerprint density at radius 1 is 1.06 bits per heavy atom. The molecule has 0 aromatic heterocycles. The number of carbonyl (C=O) groups excluding carboxylic acids is 2. The van der Waals surface area contributed by atoms with Crippen LogP contribution in [-0.2, 0) is 14.3 Å². The normalized spacial score (nSPS) is 25.1. The lowest BCUT2D eigenvalue weighted by Gasteiger charge is -2.43. The van der Waals surface area contributed by atoms with E-state index in [0.29, 0.717) is 19.4 Å². The summed E-state index contributed by atoms with van der Waals surface area (Å²) in [7, 11) is 0. The Kier molecular flexibility index (Phi) is 4.61. The smallest absolute Gasteiger partial charge is 0.408 e. The van der Waals surface area contributed by atoms with Crippen molar-refractivity contribution in [2.45, 2.75) is 50.6 Å². The molecule has 0 unspecified atom stereocenters. The van der Waals surface area contributed by atoms with Crippen LogP contribution in [0.1, 0.15) is 50.7 Å². The highest BCUT2D eigenvalue weighted by Gasteiger charge is 2.69. The Labute approximate surface area is 192 Å². The predicted octanol–water partition coefficient (Wildman–Crippen LogP) is 3.77. The lowest BCUT2D eigenvalue weighted by molar-refractivity contribution is -0.161. The van der Waals surface area contributed by atoms with E-state index >= 15 is 0 Å². The monoisotopic (exact) mass is 448 g/mol. The number of aliphatic carboxylic acids is 1. The van der Waals surface area contributed by atoms with E-state index in [1.54, 1.807) is 13.8 Å². The van der Waals surface area contributed by atoms with Gasteiger partial charge in [-0.15, -0.1) is 0 Å². The van der Waals surface area contributed by atoms with Crippen molar-refractivity contribution in [2.24, 2.45) is 5.41 Å². The first-order chi connectivity index (χ1) is 15.6. The van der Waals surface area contributed by atoms with Gasteiger partial charge in [0, 0.05) is 12.5 Å². The Morgan fingerprint density at radius 3 is 2.15 bits per heavy atom. The van der Waals surface area contributed by atoms with E-state index in [9.17, 15) is 19.5 Å². The summed E-state index contributed by atoms with van der Waals surface area (Å²) in [6.07, 6.45) is 0.196. The number of benzene rings is 2. The van der Waals surface area contributed by atoms with E-state index in [1.807, 2.05) is 43.3 Å². The second-order valence-corrected chi connectivity index (χ2v) is 10.5. The van der Waals surface area contributed by atoms with Crippen molar-refractivity contribution in [1.82, 2.24) is 10.2 Å². The zero-order chi connectivity index (χ0) is 23.6. The first-order valence-corrected chi connectivity index (χ1v) is 11.3. The first kappa shape index (κ1) is 21.5. The van der Waals surface area contributed by atoms with Crippen LogP contribution in [0.5, 0.6) is 0 Å². The number of ether oxygens (including phenoxy) is 1. The minimum absolute atomic E-state index is 0.0806. The number of amides is 2. The molecule has 33 heavy (non-hydrogen) atoms. The number of nitrogens with one attached hydrogen (secondary N) is 1. The van der Waals surface area contributed by atoms with Gasteiger partial charge >= 0.3 is 12.1 Å². The quantitative estimate of drug-likeness (QED) is 0.726. The van der Waals surface area contributed by atoms with Crippen LogP contribution in [0.15, 0.2) is 48.5 Å². The molecule has 2 aliphatic carbocycles. The maximum absolute atomic E-state index is 13.3. The number of carbonyl (C=O) groups is 3. The number of hydrogen-bond acceptors (Lipinski definition) is 4. The van der Waals surface area contributed by atoms with Crippen LogP contribution in [0.4, 0.5) is 4.79 Å². The molecule has 7 heteroatoms. The summed E-state index contributed by atoms with van der Waals surface area (Å²) in [6.45, 7) is 5.70. The summed E-state index contributed by atoms with van der Waals surface area (Å²) in [4.78, 5) is 39.3. The van der Waals surface area contributed by atoms with Crippen LogP contribution in [0, 0.1) is 5.41 Å². The van der Waals surface area contributed by atoms with Crippen LogP contribution in [0.25, 0.3) is 11.1 Å². The number of hydrogen-bond donors (Lipinski definition) is 2. The summed E-state index contributed by atoms with van der Waals surface area (Å²) in [5.41, 5.74) is 1.86. The molecule has 6 rings (SSSR count). The van der Waals surface area contributed by atoms with Crippen molar-refractivity contribution < 1.29 is 24.2 Å². The third kappa shape index (κ3) is 3.21. The largest absolute Gasteiger partial charge is 0.479 e. The Hall–Kier alpha value is -3.35. The van der Waals surface area contributed by atoms with E-state index in [4.69, 9.17) is 4.74 Å². The minimum Gasteiger partial charge on any atom is -0.479 e. The molecule has 3 fully saturated rings. The highest BCUT2D eigenvalue weighted by atomic mass is 16.5. The minimum atomic E-state index is -1.29. The average Bonchev–Trinajstić information content (AvgIpc) is 3.35. The van der Waals surface area contributed by atoms with Gasteiger partial charge < -0.3 is 20.1 Å². The summed E-state index contributed by atoms with van der Waals surface area (Å²) in [5, 5.41) is 12.4. The molecule has 2 heterocycles. The lowest BCUT2D eigenvalue weighted by atomic mass is 9.63. The van der Waals surface area contributed by atoms with E-state index in [2.05, 4.69) is 17.4 Å². The predicted molar refractivity (Wildman–Crippen MR) is 122 cm³/mol. The molecule has 7 nitrogen and oxygen atoms in total. The standard InChI is InChI=1S/C26H28N2O5/c1-24(2,21(29)28-15-25(3)13-26(28,14-25)22(30)31)27-23(32)33-12-20-18-10-6-4-8-16(18)17-9-5-7-11-19(17)20/h4-11,20H,12-15H2,1-3H3,(H,27,32)(H,30,31). The molecule has 2 N–H and O–H groups in total. The molecule has 0 radical (unpaired) electrons. The van der Waals surface area contributed by atoms with Gasteiger partial charge in [-0.05, 0) is 54.4 Å². The van der Waals surface area contributed by atoms with Gasteiger partial charge in [0.15, 0.2) is 0 Å². The zero-order valence-corrected chi connectivity index (χ0v) is 19.1. The second kappa shape index (κ2) is 7.07. The topological polar surface area (TPSA) is 95.9 Å². The van der Waals surface area contributed by atoms with Crippen LogP contribution < -0.4 is 5.32 Å². The fourth-order valence-corrected chi connectivity index (χ4v) is 6.01. The molecule has 172 valence electrons. The number of nitrogens with zero attached hydrogens (tertiary/aromatic N) is 1. The van der Waals surface area contributed by atoms with E-state index in [0.717, 1.165) is 22.3 Å². The molecule has 1 saturated carbocycles. The average molecular weight is 449 g/mol. The van der Waals surface area contributed by atoms with Crippen LogP contribution in [-0.4, -0.2) is 52.2 Å². The molecular formula is C26H28N2O5. The maximum Gasteiger partial charge on any atom is 0.408 e. The van der Waals surface area contributed by atoms with Gasteiger partial charge in [0.2, 0.25) is 5.91 Å². The molecule has 2 aromatic rings. The fraction of sp³-hybridized carbons (Fsp3) is 0.423. The van der Waals surface area contributed by atoms with Crippen molar-refractivity contribution in [2.75, 3.05) is 13.2 Å². The Bertz CT molecular complexity index is 1120. The van der Waals surface area contributed by atoms with E-state index in [-0.39, 0.29) is 17.9 Å². The summed E-state index contributed by atoms with van der Waals surface area (Å²) < 4.78 is 5.58. The Morgan fingerprint density at radius 2 is 1.61 bits per heavy atom. The summed E-state index contributed by atoms with van der Waals surface area (Å²) in [6, 6.07) is 16.1. The van der Waals surface area contributed by atoms with Crippen molar-refractivity contribution in [3.05, 3.63) is 59.7 Å². The molecule has 2 saturated heterocycles. The number of rotatable bonds is 5. The van der Waals surface area contributed by atoms with E-state index in [1.165, 1.54) is 4.90 Å². The van der Waals surface area contributed by atoms with Crippen LogP contribution >= 0.6 is 0 Å². The third-order valence-corrected chi connectivity index (χ3v) is 7.43.